The lowest BCUT2D eigenvalue weighted by Gasteiger charge is -2.26. The minimum atomic E-state index is -0.241. The molecule has 0 radical (unpaired) electrons. The Balaban J connectivity index is 0.611. The van der Waals surface area contributed by atoms with E-state index in [9.17, 15) is 0 Å². The second-order valence-corrected chi connectivity index (χ2v) is 39.5. The van der Waals surface area contributed by atoms with Gasteiger partial charge in [-0.3, -0.25) is 0 Å². The first-order valence-corrected chi connectivity index (χ1v) is 46.2. The Hall–Kier alpha value is -15.9. The van der Waals surface area contributed by atoms with Crippen molar-refractivity contribution in [3.63, 3.8) is 0 Å². The third-order valence-electron chi connectivity index (χ3n) is 31.0. The number of benzene rings is 22. The third-order valence-corrected chi connectivity index (χ3v) is 31.0. The molecule has 0 aliphatic rings. The first kappa shape index (κ1) is 71.3. The molecule has 0 N–H and O–H groups in total. The lowest BCUT2D eigenvalue weighted by molar-refractivity contribution is 0.481. The predicted octanol–water partition coefficient (Wildman–Crippen LogP) is 34.7. The highest BCUT2D eigenvalue weighted by molar-refractivity contribution is 6.36. The van der Waals surface area contributed by atoms with E-state index in [1.54, 1.807) is 0 Å². The molecule has 606 valence electrons. The van der Waals surface area contributed by atoms with Crippen molar-refractivity contribution in [1.82, 2.24) is 17.6 Å². The van der Waals surface area contributed by atoms with Crippen molar-refractivity contribution in [2.45, 2.75) is 65.2 Å². The summed E-state index contributed by atoms with van der Waals surface area (Å²) in [4.78, 5) is 0. The van der Waals surface area contributed by atoms with Crippen LogP contribution in [0.2, 0.25) is 0 Å². The minimum Gasteiger partial charge on any atom is -0.308 e. The normalized spacial score (nSPS) is 13.1. The van der Waals surface area contributed by atoms with Gasteiger partial charge in [0.1, 0.15) is 0 Å². The van der Waals surface area contributed by atoms with Crippen LogP contribution in [0.1, 0.15) is 63.3 Å². The lowest BCUT2D eigenvalue weighted by atomic mass is 9.78. The van der Waals surface area contributed by atoms with Gasteiger partial charge in [-0.1, -0.05) is 271 Å². The molecular formula is C126H82N4. The van der Waals surface area contributed by atoms with Gasteiger partial charge in [-0.05, 0) is 311 Å². The smallest absolute Gasteiger partial charge is 0.0620 e. The highest BCUT2D eigenvalue weighted by Gasteiger charge is 2.33. The van der Waals surface area contributed by atoms with Crippen molar-refractivity contribution in [1.29, 1.82) is 0 Å². The zero-order valence-electron chi connectivity index (χ0n) is 72.8. The van der Waals surface area contributed by atoms with Crippen molar-refractivity contribution >= 4 is 239 Å². The maximum Gasteiger partial charge on any atom is 0.0620 e. The maximum atomic E-state index is 2.63. The lowest BCUT2D eigenvalue weighted by Crippen LogP contribution is -2.18. The Bertz CT molecular complexity index is 10400. The van der Waals surface area contributed by atoms with Gasteiger partial charge in [0.05, 0.1) is 66.2 Å². The number of aryl methyl sites for hydroxylation is 2. The van der Waals surface area contributed by atoms with Crippen molar-refractivity contribution in [3.05, 3.63) is 386 Å². The third kappa shape index (κ3) is 9.48. The van der Waals surface area contributed by atoms with Crippen molar-refractivity contribution in [2.75, 3.05) is 0 Å². The molecule has 8 aromatic heterocycles. The Kier molecular flexibility index (Phi) is 13.8. The summed E-state index contributed by atoms with van der Waals surface area (Å²) < 4.78 is 10.4. The summed E-state index contributed by atoms with van der Waals surface area (Å²) >= 11 is 0. The Morgan fingerprint density at radius 3 is 0.854 bits per heavy atom. The zero-order chi connectivity index (χ0) is 85.5. The molecule has 4 nitrogen and oxygen atoms in total. The number of fused-ring (bicyclic) bond motifs is 32. The number of para-hydroxylation sites is 4. The van der Waals surface area contributed by atoms with Crippen LogP contribution in [0, 0.1) is 6.92 Å². The molecular weight excluding hydrogens is 1570 g/mol. The van der Waals surface area contributed by atoms with Gasteiger partial charge in [0.25, 0.3) is 0 Å². The average Bonchev–Trinajstić information content (AvgIpc) is 1.51. The van der Waals surface area contributed by atoms with E-state index in [0.29, 0.717) is 0 Å². The molecule has 130 heavy (non-hydrogen) atoms. The maximum absolute atomic E-state index is 2.63. The molecule has 8 heterocycles. The van der Waals surface area contributed by atoms with E-state index >= 15 is 0 Å². The van der Waals surface area contributed by atoms with Crippen LogP contribution >= 0.6 is 0 Å². The van der Waals surface area contributed by atoms with Crippen molar-refractivity contribution in [3.8, 4) is 44.5 Å². The largest absolute Gasteiger partial charge is 0.308 e. The van der Waals surface area contributed by atoms with Crippen LogP contribution in [-0.2, 0) is 17.3 Å². The van der Waals surface area contributed by atoms with Crippen LogP contribution in [0.3, 0.4) is 0 Å². The molecule has 0 aliphatic heterocycles. The summed E-state index contributed by atoms with van der Waals surface area (Å²) in [5.74, 6) is 0. The fraction of sp³-hybridized carbons (Fsp3) is 0.0794. The van der Waals surface area contributed by atoms with Crippen molar-refractivity contribution < 1.29 is 0 Å². The fourth-order valence-corrected chi connectivity index (χ4v) is 24.7. The van der Waals surface area contributed by atoms with E-state index in [1.165, 1.54) is 305 Å². The molecule has 0 amide bonds. The van der Waals surface area contributed by atoms with Crippen LogP contribution < -0.4 is 0 Å². The molecule has 4 heteroatoms. The van der Waals surface area contributed by atoms with Crippen LogP contribution in [0.5, 0.6) is 0 Å². The number of hydrogen-bond acceptors (Lipinski definition) is 0. The zero-order valence-corrected chi connectivity index (χ0v) is 72.8. The van der Waals surface area contributed by atoms with Gasteiger partial charge >= 0.3 is 0 Å². The van der Waals surface area contributed by atoms with Crippen LogP contribution in [-0.4, -0.2) is 17.6 Å². The molecule has 0 bridgehead atoms. The second-order valence-electron chi connectivity index (χ2n) is 39.5. The van der Waals surface area contributed by atoms with Gasteiger partial charge in [0.2, 0.25) is 0 Å². The molecule has 0 saturated carbocycles. The molecule has 30 rings (SSSR count). The van der Waals surface area contributed by atoms with Gasteiger partial charge < -0.3 is 17.6 Å². The SMILES string of the molecule is Cc1ccc2c(c1)c1cccc3c4cc5c(-c6ccc7ccccc7c6)c6cc7c(cc6c(-c6ccc8ccccc8c6)c5cc4n2c13)c1cccc2c3cc(CCC(C)(C)c4cc5c6ccccc6n6c8cc9c(-c%10ccc%11ccccc%11c%10)c%10cc%11c%12cc(C(C)(C)C)cc%13c%14ccccc%14n(c%11cc%10c(-c%10ccc%11ccccc%11c%10)c9cc8c(c4)c56)c%13%12)ccc3n7c21. The molecule has 0 aliphatic carbocycles. The number of aromatic nitrogens is 4. The van der Waals surface area contributed by atoms with Gasteiger partial charge in [0, 0.05) is 86.2 Å². The molecule has 0 unspecified atom stereocenters. The second kappa shape index (κ2) is 25.1. The molecule has 0 atom stereocenters. The van der Waals surface area contributed by atoms with E-state index in [2.05, 4.69) is 423 Å². The first-order chi connectivity index (χ1) is 63.7. The van der Waals surface area contributed by atoms with Gasteiger partial charge in [-0.25, -0.2) is 0 Å². The van der Waals surface area contributed by atoms with E-state index in [4.69, 9.17) is 0 Å². The molecule has 22 aromatic carbocycles. The molecule has 30 aromatic rings. The first-order valence-electron chi connectivity index (χ1n) is 46.2. The van der Waals surface area contributed by atoms with Crippen LogP contribution in [0.4, 0.5) is 0 Å². The van der Waals surface area contributed by atoms with Crippen LogP contribution in [0.25, 0.3) is 283 Å². The van der Waals surface area contributed by atoms with Gasteiger partial charge in [0.15, 0.2) is 0 Å². The van der Waals surface area contributed by atoms with E-state index in [1.807, 2.05) is 0 Å². The summed E-state index contributed by atoms with van der Waals surface area (Å²) in [5, 5.41) is 40.4. The monoisotopic (exact) mass is 1650 g/mol. The predicted molar refractivity (Wildman–Crippen MR) is 558 cm³/mol. The van der Waals surface area contributed by atoms with Crippen molar-refractivity contribution in [2.24, 2.45) is 0 Å². The Morgan fingerprint density at radius 1 is 0.192 bits per heavy atom. The molecule has 0 spiro atoms. The summed E-state index contributed by atoms with van der Waals surface area (Å²) in [6.45, 7) is 14.3. The summed E-state index contributed by atoms with van der Waals surface area (Å²) in [6, 6.07) is 142. The van der Waals surface area contributed by atoms with Gasteiger partial charge in [-0.2, -0.15) is 0 Å². The quantitative estimate of drug-likeness (QED) is 0.135. The van der Waals surface area contributed by atoms with E-state index in [-0.39, 0.29) is 10.8 Å². The highest BCUT2D eigenvalue weighted by atomic mass is 14.9. The summed E-state index contributed by atoms with van der Waals surface area (Å²) in [6.07, 6.45) is 1.85. The minimum absolute atomic E-state index is 0.0708. The topological polar surface area (TPSA) is 17.6 Å². The standard InChI is InChI=1S/C126H82N4/c1-69-37-47-111-91(51-69)87-31-19-33-89-93-61-97-101(65-113(93)129(111)121(87)89)117(79-43-39-71-21-7-11-25-75(71)53-79)98-62-94-90-34-20-32-88-92-52-70(38-48-112(92)130(122(88)90)114(94)66-102(98)118(97)80-44-40-72-22-8-12-26-76(72)54-80)49-50-126(5,6)84-59-106-86-30-16-18-36-110(86)128-116-68-104-100(64-96(116)108(60-84)124(106)128)120(82-46-42-74-24-10-14-28-78(74)56-82)103-67-115-95(63-99(103)119(104)81-45-41-73-23-9-13-27-77(73)55-81)107-58-83(125(2,3)4)57-105-85-29-15-17-35-109(85)127(115)123(105)107/h7-48,51-68H,49-50H2,1-6H3. The average molecular weight is 1650 g/mol. The number of nitrogens with zero attached hydrogens (tertiary/aromatic N) is 4. The van der Waals surface area contributed by atoms with Gasteiger partial charge in [-0.15, -0.1) is 0 Å². The summed E-state index contributed by atoms with van der Waals surface area (Å²) in [5.41, 5.74) is 29.9. The van der Waals surface area contributed by atoms with Crippen LogP contribution in [0.15, 0.2) is 364 Å². The molecule has 0 fully saturated rings. The molecule has 0 saturated heterocycles. The Morgan fingerprint density at radius 2 is 0.477 bits per heavy atom. The Labute approximate surface area is 746 Å². The number of hydrogen-bond donors (Lipinski definition) is 0. The fourth-order valence-electron chi connectivity index (χ4n) is 24.7. The highest BCUT2D eigenvalue weighted by Crippen LogP contribution is 2.56. The van der Waals surface area contributed by atoms with E-state index in [0.717, 1.165) is 12.8 Å². The number of rotatable bonds is 8. The summed E-state index contributed by atoms with van der Waals surface area (Å²) in [7, 11) is 0. The van der Waals surface area contributed by atoms with E-state index < -0.39 is 0 Å².